The van der Waals surface area contributed by atoms with Crippen LogP contribution in [0.3, 0.4) is 0 Å². The molecule has 0 aliphatic carbocycles. The number of esters is 1. The Kier molecular flexibility index (Phi) is 36.2. The number of hydrazone groups is 1. The zero-order chi connectivity index (χ0) is 35.2. The van der Waals surface area contributed by atoms with Gasteiger partial charge in [0.25, 0.3) is 0 Å². The number of carbonyl (C=O) groups excluding carboxylic acids is 2. The van der Waals surface area contributed by atoms with E-state index >= 15 is 0 Å². The van der Waals surface area contributed by atoms with Crippen molar-refractivity contribution < 1.29 is 14.3 Å². The first-order valence-electron chi connectivity index (χ1n) is 20.1. The highest BCUT2D eigenvalue weighted by Gasteiger charge is 2.14. The quantitative estimate of drug-likeness (QED) is 0.0149. The van der Waals surface area contributed by atoms with E-state index in [1.165, 1.54) is 116 Å². The Hall–Kier alpha value is -2.00. The lowest BCUT2D eigenvalue weighted by Gasteiger charge is -2.22. The molecule has 0 aromatic rings. The molecule has 0 radical (unpaired) electrons. The minimum atomic E-state index is 0.0184. The number of carbonyl (C=O) groups is 2. The van der Waals surface area contributed by atoms with Crippen LogP contribution in [0, 0.1) is 0 Å². The van der Waals surface area contributed by atoms with E-state index in [0.29, 0.717) is 19.5 Å². The summed E-state index contributed by atoms with van der Waals surface area (Å²) in [5.74, 6) is 0.283. The molecule has 0 atom stereocenters. The van der Waals surface area contributed by atoms with Crippen molar-refractivity contribution >= 4 is 24.9 Å². The molecule has 0 aliphatic rings. The van der Waals surface area contributed by atoms with Gasteiger partial charge in [-0.15, -0.1) is 0 Å². The summed E-state index contributed by atoms with van der Waals surface area (Å²) in [5.41, 5.74) is 8.20. The van der Waals surface area contributed by atoms with Gasteiger partial charge in [0, 0.05) is 19.6 Å². The van der Waals surface area contributed by atoms with Crippen molar-refractivity contribution in [2.75, 3.05) is 32.8 Å². The number of rotatable bonds is 38. The Morgan fingerprint density at radius 3 is 1.79 bits per heavy atom. The fourth-order valence-corrected chi connectivity index (χ4v) is 6.14. The number of nitrogens with zero attached hydrogens (tertiary/aromatic N) is 3. The molecule has 9 heteroatoms. The maximum atomic E-state index is 12.7. The maximum absolute atomic E-state index is 12.7. The van der Waals surface area contributed by atoms with Gasteiger partial charge < -0.3 is 20.2 Å². The van der Waals surface area contributed by atoms with Gasteiger partial charge in [-0.25, -0.2) is 10.4 Å². The highest BCUT2D eigenvalue weighted by atomic mass is 16.5. The van der Waals surface area contributed by atoms with Crippen molar-refractivity contribution in [3.8, 4) is 0 Å². The maximum Gasteiger partial charge on any atom is 0.306 e. The average molecular weight is 679 g/mol. The minimum absolute atomic E-state index is 0.0184. The van der Waals surface area contributed by atoms with Gasteiger partial charge in [0.05, 0.1) is 6.67 Å². The summed E-state index contributed by atoms with van der Waals surface area (Å²) < 4.78 is 6.03. The molecule has 0 spiro atoms. The van der Waals surface area contributed by atoms with Crippen LogP contribution in [-0.4, -0.2) is 68.8 Å². The van der Waals surface area contributed by atoms with Gasteiger partial charge in [0.1, 0.15) is 12.4 Å². The largest absolute Gasteiger partial charge is 0.462 e. The van der Waals surface area contributed by atoms with Crippen LogP contribution in [0.25, 0.3) is 0 Å². The third-order valence-electron chi connectivity index (χ3n) is 9.09. The van der Waals surface area contributed by atoms with Crippen LogP contribution in [0.2, 0.25) is 0 Å². The number of ether oxygens (including phenoxy) is 1. The molecule has 48 heavy (non-hydrogen) atoms. The van der Waals surface area contributed by atoms with E-state index in [1.54, 1.807) is 0 Å². The van der Waals surface area contributed by atoms with Crippen LogP contribution >= 0.6 is 0 Å². The minimum Gasteiger partial charge on any atom is -0.462 e. The molecule has 0 amide bonds. The molecule has 0 unspecified atom stereocenters. The summed E-state index contributed by atoms with van der Waals surface area (Å²) in [5, 5.41) is 6.82. The van der Waals surface area contributed by atoms with Crippen LogP contribution in [0.4, 0.5) is 0 Å². The van der Waals surface area contributed by atoms with Crippen LogP contribution in [0.15, 0.2) is 10.1 Å². The monoisotopic (exact) mass is 679 g/mol. The molecule has 0 bridgehead atoms. The first kappa shape index (κ1) is 46.0. The van der Waals surface area contributed by atoms with E-state index in [-0.39, 0.29) is 18.0 Å². The Morgan fingerprint density at radius 2 is 1.23 bits per heavy atom. The molecule has 0 heterocycles. The fraction of sp³-hybridized carbons (Fsp3) is 0.897. The molecule has 0 aromatic heterocycles. The number of hydrogen-bond donors (Lipinski definition) is 3. The van der Waals surface area contributed by atoms with Crippen LogP contribution in [0.5, 0.6) is 0 Å². The van der Waals surface area contributed by atoms with Crippen molar-refractivity contribution in [2.24, 2.45) is 15.8 Å². The van der Waals surface area contributed by atoms with Gasteiger partial charge in [0.15, 0.2) is 0 Å². The van der Waals surface area contributed by atoms with Gasteiger partial charge in [-0.05, 0) is 84.0 Å². The fourth-order valence-electron chi connectivity index (χ4n) is 6.14. The first-order chi connectivity index (χ1) is 23.6. The summed E-state index contributed by atoms with van der Waals surface area (Å²) in [7, 11) is 0. The van der Waals surface area contributed by atoms with Crippen molar-refractivity contribution in [1.29, 1.82) is 0 Å². The molecular formula is C39H78N6O3. The van der Waals surface area contributed by atoms with E-state index < -0.39 is 0 Å². The average Bonchev–Trinajstić information content (AvgIpc) is 3.08. The molecule has 9 nitrogen and oxygen atoms in total. The number of unbranched alkanes of at least 4 members (excludes halogenated alkanes) is 19. The van der Waals surface area contributed by atoms with Crippen molar-refractivity contribution in [3.63, 3.8) is 0 Å². The SMILES string of the molecule is C=NN/C(N)=N\CNCCCN(CCCCCCCC=O)CCCCCCCC(=O)OC(CCCCCCCC)CCCCCCCC. The molecular weight excluding hydrogens is 600 g/mol. The number of aliphatic imine (C=N–C) groups is 1. The van der Waals surface area contributed by atoms with Crippen molar-refractivity contribution in [1.82, 2.24) is 15.6 Å². The standard InChI is InChI=1S/C39H78N6O3/c1-4-6-8-10-15-21-28-37(29-22-16-11-9-7-5-2)48-38(47)30-23-17-14-19-25-33-45(32-24-18-12-13-20-26-35-46)34-27-31-42-36-43-39(40)44-41-3/h35,37,42H,3-34,36H2,1-2H3,(H3,40,43,44). The number of hydrogen-bond acceptors (Lipinski definition) is 7. The van der Waals surface area contributed by atoms with E-state index in [0.717, 1.165) is 77.4 Å². The summed E-state index contributed by atoms with van der Waals surface area (Å²) >= 11 is 0. The van der Waals surface area contributed by atoms with E-state index in [9.17, 15) is 9.59 Å². The topological polar surface area (TPSA) is 121 Å². The number of guanidine groups is 1. The van der Waals surface area contributed by atoms with Gasteiger partial charge in [-0.1, -0.05) is 117 Å². The molecule has 0 fully saturated rings. The van der Waals surface area contributed by atoms with Crippen LogP contribution in [0.1, 0.15) is 187 Å². The molecule has 282 valence electrons. The second-order valence-electron chi connectivity index (χ2n) is 13.6. The summed E-state index contributed by atoms with van der Waals surface area (Å²) in [4.78, 5) is 30.0. The first-order valence-corrected chi connectivity index (χ1v) is 20.1. The predicted octanol–water partition coefficient (Wildman–Crippen LogP) is 9.04. The van der Waals surface area contributed by atoms with Gasteiger partial charge >= 0.3 is 5.97 Å². The number of nitrogens with one attached hydrogen (secondary N) is 2. The number of aldehydes is 1. The zero-order valence-corrected chi connectivity index (χ0v) is 31.6. The molecule has 0 aliphatic heterocycles. The Morgan fingerprint density at radius 1 is 0.729 bits per heavy atom. The third-order valence-corrected chi connectivity index (χ3v) is 9.09. The lowest BCUT2D eigenvalue weighted by Crippen LogP contribution is -2.31. The Labute approximate surface area is 296 Å². The summed E-state index contributed by atoms with van der Waals surface area (Å²) in [6.45, 7) is 12.5. The highest BCUT2D eigenvalue weighted by Crippen LogP contribution is 2.18. The van der Waals surface area contributed by atoms with Gasteiger partial charge in [0.2, 0.25) is 5.96 Å². The van der Waals surface area contributed by atoms with E-state index in [1.807, 2.05) is 0 Å². The van der Waals surface area contributed by atoms with Crippen LogP contribution < -0.4 is 16.5 Å². The third kappa shape index (κ3) is 33.9. The Bertz CT molecular complexity index is 735. The van der Waals surface area contributed by atoms with Crippen LogP contribution in [-0.2, 0) is 14.3 Å². The molecule has 0 rings (SSSR count). The predicted molar refractivity (Wildman–Crippen MR) is 206 cm³/mol. The smallest absolute Gasteiger partial charge is 0.306 e. The van der Waals surface area contributed by atoms with Gasteiger partial charge in [-0.2, -0.15) is 5.10 Å². The summed E-state index contributed by atoms with van der Waals surface area (Å²) in [6, 6.07) is 0. The molecule has 0 saturated carbocycles. The summed E-state index contributed by atoms with van der Waals surface area (Å²) in [6.07, 6.45) is 32.3. The van der Waals surface area contributed by atoms with Crippen molar-refractivity contribution in [3.05, 3.63) is 0 Å². The van der Waals surface area contributed by atoms with E-state index in [2.05, 4.69) is 46.3 Å². The normalized spacial score (nSPS) is 11.8. The zero-order valence-electron chi connectivity index (χ0n) is 31.6. The highest BCUT2D eigenvalue weighted by molar-refractivity contribution is 5.77. The lowest BCUT2D eigenvalue weighted by molar-refractivity contribution is -0.150. The molecule has 0 saturated heterocycles. The molecule has 0 aromatic carbocycles. The molecule has 4 N–H and O–H groups in total. The second-order valence-corrected chi connectivity index (χ2v) is 13.6. The number of nitrogens with two attached hydrogens (primary N) is 1. The van der Waals surface area contributed by atoms with E-state index in [4.69, 9.17) is 10.5 Å². The van der Waals surface area contributed by atoms with Crippen molar-refractivity contribution in [2.45, 2.75) is 193 Å². The Balaban J connectivity index is 4.36. The lowest BCUT2D eigenvalue weighted by atomic mass is 10.0. The second kappa shape index (κ2) is 37.8. The van der Waals surface area contributed by atoms with Gasteiger partial charge in [-0.3, -0.25) is 10.1 Å².